The van der Waals surface area contributed by atoms with Crippen LogP contribution in [0.1, 0.15) is 30.5 Å². The Hall–Kier alpha value is -2.46. The van der Waals surface area contributed by atoms with Gasteiger partial charge in [-0.25, -0.2) is 9.37 Å². The van der Waals surface area contributed by atoms with E-state index in [-0.39, 0.29) is 5.82 Å². The van der Waals surface area contributed by atoms with Crippen LogP contribution in [0.15, 0.2) is 67.1 Å². The molecule has 0 N–H and O–H groups in total. The molecule has 0 saturated carbocycles. The molecule has 2 aromatic carbocycles. The monoisotopic (exact) mass is 349 g/mol. The van der Waals surface area contributed by atoms with Crippen LogP contribution in [0.5, 0.6) is 0 Å². The molecule has 0 bridgehead atoms. The Balaban J connectivity index is 1.45. The summed E-state index contributed by atoms with van der Waals surface area (Å²) in [4.78, 5) is 7.14. The van der Waals surface area contributed by atoms with E-state index in [1.807, 2.05) is 36.7 Å². The van der Waals surface area contributed by atoms with Crippen molar-refractivity contribution in [1.82, 2.24) is 14.5 Å². The van der Waals surface area contributed by atoms with Gasteiger partial charge < -0.3 is 4.57 Å². The van der Waals surface area contributed by atoms with Crippen molar-refractivity contribution in [3.63, 3.8) is 0 Å². The van der Waals surface area contributed by atoms with E-state index >= 15 is 0 Å². The first-order chi connectivity index (χ1) is 12.8. The summed E-state index contributed by atoms with van der Waals surface area (Å²) >= 11 is 0. The topological polar surface area (TPSA) is 21.1 Å². The highest BCUT2D eigenvalue weighted by atomic mass is 19.1. The van der Waals surface area contributed by atoms with Crippen LogP contribution in [0.4, 0.5) is 4.39 Å². The van der Waals surface area contributed by atoms with Gasteiger partial charge in [-0.3, -0.25) is 4.90 Å². The molecule has 1 unspecified atom stereocenters. The third kappa shape index (κ3) is 4.02. The predicted molar refractivity (Wildman–Crippen MR) is 102 cm³/mol. The molecule has 1 fully saturated rings. The lowest BCUT2D eigenvalue weighted by Crippen LogP contribution is -2.40. The molecule has 1 saturated heterocycles. The third-order valence-corrected chi connectivity index (χ3v) is 5.19. The molecular weight excluding hydrogens is 325 g/mol. The maximum atomic E-state index is 13.2. The summed E-state index contributed by atoms with van der Waals surface area (Å²) in [5, 5.41) is 0. The minimum atomic E-state index is -0.166. The van der Waals surface area contributed by atoms with Gasteiger partial charge >= 0.3 is 0 Å². The molecule has 0 radical (unpaired) electrons. The molecule has 1 atom stereocenters. The zero-order chi connectivity index (χ0) is 17.8. The van der Waals surface area contributed by atoms with Gasteiger partial charge in [-0.2, -0.15) is 0 Å². The van der Waals surface area contributed by atoms with Crippen molar-refractivity contribution < 1.29 is 4.39 Å². The predicted octanol–water partition coefficient (Wildman–Crippen LogP) is 4.61. The Morgan fingerprint density at radius 3 is 2.62 bits per heavy atom. The minimum absolute atomic E-state index is 0.166. The standard InChI is InChI=1S/C22H24FN3/c23-19-11-9-18(10-12-19)14-22-8-4-5-13-25(22)15-20-16-26(17-24-20)21-6-2-1-3-7-21/h1-3,6-7,9-12,16-17,22H,4-5,8,13-15H2. The summed E-state index contributed by atoms with van der Waals surface area (Å²) in [6.45, 7) is 1.97. The molecule has 1 aromatic heterocycles. The van der Waals surface area contributed by atoms with Crippen molar-refractivity contribution in [2.24, 2.45) is 0 Å². The summed E-state index contributed by atoms with van der Waals surface area (Å²) in [6.07, 6.45) is 8.68. The molecule has 3 nitrogen and oxygen atoms in total. The average molecular weight is 349 g/mol. The normalized spacial score (nSPS) is 18.1. The highest BCUT2D eigenvalue weighted by Gasteiger charge is 2.23. The third-order valence-electron chi connectivity index (χ3n) is 5.19. The number of aromatic nitrogens is 2. The van der Waals surface area contributed by atoms with Crippen LogP contribution in [0, 0.1) is 5.82 Å². The highest BCUT2D eigenvalue weighted by molar-refractivity contribution is 5.31. The Kier molecular flexibility index (Phi) is 5.12. The van der Waals surface area contributed by atoms with Crippen LogP contribution >= 0.6 is 0 Å². The zero-order valence-electron chi connectivity index (χ0n) is 14.9. The second-order valence-corrected chi connectivity index (χ2v) is 7.06. The fourth-order valence-electron chi connectivity index (χ4n) is 3.79. The number of nitrogens with zero attached hydrogens (tertiary/aromatic N) is 3. The molecule has 26 heavy (non-hydrogen) atoms. The van der Waals surface area contributed by atoms with Crippen molar-refractivity contribution in [3.8, 4) is 5.69 Å². The van der Waals surface area contributed by atoms with Gasteiger partial charge in [0.15, 0.2) is 0 Å². The lowest BCUT2D eigenvalue weighted by atomic mass is 9.95. The maximum absolute atomic E-state index is 13.2. The fraction of sp³-hybridized carbons (Fsp3) is 0.318. The molecule has 134 valence electrons. The largest absolute Gasteiger partial charge is 0.306 e. The Morgan fingerprint density at radius 1 is 1.00 bits per heavy atom. The second-order valence-electron chi connectivity index (χ2n) is 7.06. The van der Waals surface area contributed by atoms with Crippen molar-refractivity contribution in [3.05, 3.63) is 84.2 Å². The first-order valence-electron chi connectivity index (χ1n) is 9.35. The van der Waals surface area contributed by atoms with Crippen molar-refractivity contribution in [2.75, 3.05) is 6.54 Å². The molecule has 4 heteroatoms. The molecular formula is C22H24FN3. The number of halogens is 1. The van der Waals surface area contributed by atoms with E-state index in [9.17, 15) is 4.39 Å². The maximum Gasteiger partial charge on any atom is 0.123 e. The van der Waals surface area contributed by atoms with Gasteiger partial charge in [0, 0.05) is 24.5 Å². The quantitative estimate of drug-likeness (QED) is 0.671. The number of rotatable bonds is 5. The molecule has 0 amide bonds. The van der Waals surface area contributed by atoms with E-state index in [0.717, 1.165) is 30.9 Å². The van der Waals surface area contributed by atoms with E-state index in [1.54, 1.807) is 12.1 Å². The first kappa shape index (κ1) is 17.0. The zero-order valence-corrected chi connectivity index (χ0v) is 14.9. The van der Waals surface area contributed by atoms with Gasteiger partial charge in [0.2, 0.25) is 0 Å². The number of imidazole rings is 1. The van der Waals surface area contributed by atoms with Crippen molar-refractivity contribution in [2.45, 2.75) is 38.3 Å². The summed E-state index contributed by atoms with van der Waals surface area (Å²) in [6, 6.07) is 17.7. The summed E-state index contributed by atoms with van der Waals surface area (Å²) in [5.41, 5.74) is 3.44. The van der Waals surface area contributed by atoms with E-state index in [2.05, 4.69) is 32.8 Å². The van der Waals surface area contributed by atoms with Gasteiger partial charge in [0.05, 0.1) is 12.0 Å². The molecule has 1 aliphatic rings. The average Bonchev–Trinajstić information content (AvgIpc) is 3.14. The smallest absolute Gasteiger partial charge is 0.123 e. The van der Waals surface area contributed by atoms with Crippen LogP contribution in [-0.4, -0.2) is 27.0 Å². The van der Waals surface area contributed by atoms with E-state index in [1.165, 1.54) is 24.8 Å². The SMILES string of the molecule is Fc1ccc(CC2CCCCN2Cc2cn(-c3ccccc3)cn2)cc1. The van der Waals surface area contributed by atoms with Crippen LogP contribution < -0.4 is 0 Å². The minimum Gasteiger partial charge on any atom is -0.306 e. The van der Waals surface area contributed by atoms with Gasteiger partial charge in [0.1, 0.15) is 5.82 Å². The van der Waals surface area contributed by atoms with Crippen LogP contribution in [0.2, 0.25) is 0 Å². The fourth-order valence-corrected chi connectivity index (χ4v) is 3.79. The van der Waals surface area contributed by atoms with Crippen LogP contribution in [0.25, 0.3) is 5.69 Å². The number of para-hydroxylation sites is 1. The second kappa shape index (κ2) is 7.83. The van der Waals surface area contributed by atoms with Crippen LogP contribution in [0.3, 0.4) is 0 Å². The summed E-state index contributed by atoms with van der Waals surface area (Å²) in [5.74, 6) is -0.166. The van der Waals surface area contributed by atoms with Crippen molar-refractivity contribution >= 4 is 0 Å². The molecule has 0 aliphatic carbocycles. The molecule has 2 heterocycles. The van der Waals surface area contributed by atoms with Gasteiger partial charge in [0.25, 0.3) is 0 Å². The summed E-state index contributed by atoms with van der Waals surface area (Å²) < 4.78 is 15.2. The number of hydrogen-bond acceptors (Lipinski definition) is 2. The number of likely N-dealkylation sites (tertiary alicyclic amines) is 1. The molecule has 0 spiro atoms. The highest BCUT2D eigenvalue weighted by Crippen LogP contribution is 2.23. The number of benzene rings is 2. The number of hydrogen-bond donors (Lipinski definition) is 0. The summed E-state index contributed by atoms with van der Waals surface area (Å²) in [7, 11) is 0. The van der Waals surface area contributed by atoms with Crippen LogP contribution in [-0.2, 0) is 13.0 Å². The molecule has 3 aromatic rings. The van der Waals surface area contributed by atoms with Gasteiger partial charge in [-0.1, -0.05) is 36.8 Å². The molecule has 1 aliphatic heterocycles. The van der Waals surface area contributed by atoms with E-state index < -0.39 is 0 Å². The van der Waals surface area contributed by atoms with E-state index in [0.29, 0.717) is 6.04 Å². The Labute approximate surface area is 154 Å². The van der Waals surface area contributed by atoms with E-state index in [4.69, 9.17) is 0 Å². The first-order valence-corrected chi connectivity index (χ1v) is 9.35. The van der Waals surface area contributed by atoms with Gasteiger partial charge in [-0.05, 0) is 55.6 Å². The van der Waals surface area contributed by atoms with Gasteiger partial charge in [-0.15, -0.1) is 0 Å². The Morgan fingerprint density at radius 2 is 1.81 bits per heavy atom. The number of piperidine rings is 1. The molecule has 4 rings (SSSR count). The lowest BCUT2D eigenvalue weighted by molar-refractivity contribution is 0.137. The van der Waals surface area contributed by atoms with Crippen molar-refractivity contribution in [1.29, 1.82) is 0 Å². The Bertz CT molecular complexity index is 826. The lowest BCUT2D eigenvalue weighted by Gasteiger charge is -2.35.